The third-order valence-electron chi connectivity index (χ3n) is 5.08. The number of esters is 2. The first-order chi connectivity index (χ1) is 13.4. The Balaban J connectivity index is 2.59. The molecule has 0 unspecified atom stereocenters. The normalized spacial score (nSPS) is 32.4. The van der Waals surface area contributed by atoms with E-state index >= 15 is 0 Å². The molecule has 1 aliphatic heterocycles. The molecule has 4 atom stereocenters. The number of hydrogen-bond acceptors (Lipinski definition) is 7. The Morgan fingerprint density at radius 1 is 1.46 bits per heavy atom. The second kappa shape index (κ2) is 9.61. The van der Waals surface area contributed by atoms with Crippen LogP contribution in [0.25, 0.3) is 0 Å². The number of carbonyl (C=O) groups is 3. The van der Waals surface area contributed by atoms with Crippen molar-refractivity contribution in [1.29, 1.82) is 0 Å². The molecular formula is C21H26O7. The number of hydrogen-bond donors (Lipinski definition) is 1. The molecule has 1 heterocycles. The van der Waals surface area contributed by atoms with Crippen molar-refractivity contribution in [2.45, 2.75) is 45.0 Å². The molecule has 1 N–H and O–H groups in total. The molecule has 0 amide bonds. The van der Waals surface area contributed by atoms with Crippen LogP contribution in [-0.4, -0.2) is 55.4 Å². The van der Waals surface area contributed by atoms with Crippen LogP contribution in [0.3, 0.4) is 0 Å². The van der Waals surface area contributed by atoms with Gasteiger partial charge >= 0.3 is 11.9 Å². The van der Waals surface area contributed by atoms with E-state index in [-0.39, 0.29) is 12.2 Å². The summed E-state index contributed by atoms with van der Waals surface area (Å²) in [4.78, 5) is 36.4. The fourth-order valence-electron chi connectivity index (χ4n) is 3.35. The highest BCUT2D eigenvalue weighted by Crippen LogP contribution is 2.37. The molecule has 0 aromatic rings. The van der Waals surface area contributed by atoms with Crippen LogP contribution in [0, 0.1) is 5.92 Å². The number of allylic oxidation sites excluding steroid dienone is 2. The zero-order chi connectivity index (χ0) is 20.8. The van der Waals surface area contributed by atoms with Gasteiger partial charge in [-0.2, -0.15) is 0 Å². The van der Waals surface area contributed by atoms with Crippen LogP contribution in [-0.2, 0) is 28.6 Å². The highest BCUT2D eigenvalue weighted by molar-refractivity contribution is 5.92. The lowest BCUT2D eigenvalue weighted by molar-refractivity contribution is -0.155. The minimum Gasteiger partial charge on any atom is -0.455 e. The van der Waals surface area contributed by atoms with E-state index in [2.05, 4.69) is 6.58 Å². The molecule has 0 spiro atoms. The Hall–Kier alpha value is -2.51. The molecule has 1 fully saturated rings. The van der Waals surface area contributed by atoms with Crippen molar-refractivity contribution in [1.82, 2.24) is 0 Å². The first-order valence-electron chi connectivity index (χ1n) is 9.10. The van der Waals surface area contributed by atoms with E-state index in [0.29, 0.717) is 35.8 Å². The predicted octanol–water partition coefficient (Wildman–Crippen LogP) is 1.81. The largest absolute Gasteiger partial charge is 0.455 e. The van der Waals surface area contributed by atoms with Crippen LogP contribution in [0.2, 0.25) is 0 Å². The molecule has 0 radical (unpaired) electrons. The quantitative estimate of drug-likeness (QED) is 0.331. The topological polar surface area (TPSA) is 99.1 Å². The Labute approximate surface area is 164 Å². The summed E-state index contributed by atoms with van der Waals surface area (Å²) in [5.41, 5.74) is 1.46. The Bertz CT molecular complexity index is 744. The van der Waals surface area contributed by atoms with E-state index in [4.69, 9.17) is 14.2 Å². The lowest BCUT2D eigenvalue weighted by atomic mass is 9.83. The van der Waals surface area contributed by atoms with Gasteiger partial charge in [0.25, 0.3) is 0 Å². The van der Waals surface area contributed by atoms with Gasteiger partial charge in [0.05, 0.1) is 12.5 Å². The van der Waals surface area contributed by atoms with Gasteiger partial charge in [0.15, 0.2) is 0 Å². The zero-order valence-corrected chi connectivity index (χ0v) is 16.3. The summed E-state index contributed by atoms with van der Waals surface area (Å²) in [6.45, 7) is 6.90. The summed E-state index contributed by atoms with van der Waals surface area (Å²) in [5, 5.41) is 9.62. The molecule has 28 heavy (non-hydrogen) atoms. The number of fused-ring (bicyclic) bond motifs is 1. The van der Waals surface area contributed by atoms with Crippen LogP contribution in [0.15, 0.2) is 47.1 Å². The molecule has 2 aliphatic rings. The molecule has 0 saturated carbocycles. The van der Waals surface area contributed by atoms with Crippen molar-refractivity contribution in [3.63, 3.8) is 0 Å². The summed E-state index contributed by atoms with van der Waals surface area (Å²) in [5.74, 6) is -1.96. The Morgan fingerprint density at radius 2 is 2.18 bits per heavy atom. The summed E-state index contributed by atoms with van der Waals surface area (Å²) < 4.78 is 16.6. The second-order valence-electron chi connectivity index (χ2n) is 6.76. The molecule has 2 rings (SSSR count). The van der Waals surface area contributed by atoms with Crippen molar-refractivity contribution in [2.75, 3.05) is 13.7 Å². The minimum atomic E-state index is -1.01. The highest BCUT2D eigenvalue weighted by Gasteiger charge is 2.48. The van der Waals surface area contributed by atoms with E-state index in [1.807, 2.05) is 0 Å². The molecule has 0 bridgehead atoms. The van der Waals surface area contributed by atoms with Gasteiger partial charge in [0.1, 0.15) is 24.6 Å². The summed E-state index contributed by atoms with van der Waals surface area (Å²) >= 11 is 0. The van der Waals surface area contributed by atoms with Crippen LogP contribution in [0.1, 0.15) is 26.7 Å². The molecule has 7 nitrogen and oxygen atoms in total. The number of carbonyl (C=O) groups excluding carboxylic acids is 3. The van der Waals surface area contributed by atoms with Crippen LogP contribution >= 0.6 is 0 Å². The minimum absolute atomic E-state index is 0.127. The maximum atomic E-state index is 12.5. The maximum absolute atomic E-state index is 12.5. The first kappa shape index (κ1) is 21.8. The fraction of sp³-hybridized carbons (Fsp3) is 0.476. The number of methoxy groups -OCH3 is 1. The van der Waals surface area contributed by atoms with Crippen LogP contribution in [0.5, 0.6) is 0 Å². The summed E-state index contributed by atoms with van der Waals surface area (Å²) in [6.07, 6.45) is 3.88. The van der Waals surface area contributed by atoms with Gasteiger partial charge in [0, 0.05) is 23.8 Å². The van der Waals surface area contributed by atoms with Crippen LogP contribution in [0.4, 0.5) is 0 Å². The van der Waals surface area contributed by atoms with Crippen molar-refractivity contribution in [3.05, 3.63) is 47.1 Å². The van der Waals surface area contributed by atoms with Crippen molar-refractivity contribution in [2.24, 2.45) is 5.92 Å². The van der Waals surface area contributed by atoms with Crippen molar-refractivity contribution < 1.29 is 33.7 Å². The average molecular weight is 390 g/mol. The van der Waals surface area contributed by atoms with Gasteiger partial charge in [-0.25, -0.2) is 9.59 Å². The van der Waals surface area contributed by atoms with Gasteiger partial charge in [-0.3, -0.25) is 4.79 Å². The SMILES string of the molecule is C=C1C(=O)O[C@@H]2/C=C(\CO)CC/C=C(\C=O)[C@H](OC)[C@@H](OC(=O)/C(C)=C\C)[C@@H]12. The summed E-state index contributed by atoms with van der Waals surface area (Å²) in [6, 6.07) is 0. The van der Waals surface area contributed by atoms with Crippen molar-refractivity contribution in [3.8, 4) is 0 Å². The predicted molar refractivity (Wildman–Crippen MR) is 101 cm³/mol. The molecule has 1 aliphatic carbocycles. The fourth-order valence-corrected chi connectivity index (χ4v) is 3.35. The lowest BCUT2D eigenvalue weighted by Gasteiger charge is -2.32. The molecular weight excluding hydrogens is 364 g/mol. The standard InChI is InChI=1S/C21H26O7/c1-5-12(2)20(24)28-19-17-13(3)21(25)27-16(17)9-14(10-22)7-6-8-15(11-23)18(19)26-4/h5,8-9,11,16-19,22H,3,6-7,10H2,1-2,4H3/b12-5-,14-9-,15-8+/t16-,17+,18+,19+/m1/s1. The van der Waals surface area contributed by atoms with E-state index in [0.717, 1.165) is 0 Å². The second-order valence-corrected chi connectivity index (χ2v) is 6.76. The Morgan fingerprint density at radius 3 is 2.75 bits per heavy atom. The third-order valence-corrected chi connectivity index (χ3v) is 5.08. The molecule has 0 aromatic carbocycles. The summed E-state index contributed by atoms with van der Waals surface area (Å²) in [7, 11) is 1.40. The smallest absolute Gasteiger partial charge is 0.334 e. The molecule has 0 aromatic heterocycles. The van der Waals surface area contributed by atoms with Gasteiger partial charge in [-0.15, -0.1) is 0 Å². The van der Waals surface area contributed by atoms with Gasteiger partial charge < -0.3 is 19.3 Å². The zero-order valence-electron chi connectivity index (χ0n) is 16.3. The molecule has 7 heteroatoms. The van der Waals surface area contributed by atoms with Gasteiger partial charge in [-0.1, -0.05) is 18.7 Å². The number of aliphatic hydroxyl groups excluding tert-OH is 1. The number of aliphatic hydroxyl groups is 1. The van der Waals surface area contributed by atoms with E-state index < -0.39 is 36.2 Å². The van der Waals surface area contributed by atoms with E-state index in [1.165, 1.54) is 7.11 Å². The van der Waals surface area contributed by atoms with Gasteiger partial charge in [-0.05, 0) is 38.3 Å². The maximum Gasteiger partial charge on any atom is 0.334 e. The Kier molecular flexibility index (Phi) is 7.48. The number of rotatable bonds is 5. The van der Waals surface area contributed by atoms with Crippen molar-refractivity contribution >= 4 is 18.2 Å². The first-order valence-corrected chi connectivity index (χ1v) is 9.10. The molecule has 152 valence electrons. The average Bonchev–Trinajstić information content (AvgIpc) is 2.97. The lowest BCUT2D eigenvalue weighted by Crippen LogP contribution is -2.44. The van der Waals surface area contributed by atoms with E-state index in [9.17, 15) is 19.5 Å². The van der Waals surface area contributed by atoms with E-state index in [1.54, 1.807) is 32.1 Å². The number of ether oxygens (including phenoxy) is 3. The third kappa shape index (κ3) is 4.48. The monoisotopic (exact) mass is 390 g/mol. The number of aldehydes is 1. The highest BCUT2D eigenvalue weighted by atomic mass is 16.6. The molecule has 1 saturated heterocycles. The van der Waals surface area contributed by atoms with Gasteiger partial charge in [0.2, 0.25) is 0 Å². The van der Waals surface area contributed by atoms with Crippen LogP contribution < -0.4 is 0 Å².